The normalized spacial score (nSPS) is 13.2. The topological polar surface area (TPSA) is 106 Å². The lowest BCUT2D eigenvalue weighted by Crippen LogP contribution is -2.44. The van der Waals surface area contributed by atoms with Crippen molar-refractivity contribution in [1.29, 1.82) is 0 Å². The van der Waals surface area contributed by atoms with Crippen LogP contribution in [0.25, 0.3) is 0 Å². The van der Waals surface area contributed by atoms with Gasteiger partial charge in [0.25, 0.3) is 10.0 Å². The van der Waals surface area contributed by atoms with Crippen molar-refractivity contribution in [1.82, 2.24) is 10.2 Å². The molecule has 8 heteroatoms. The van der Waals surface area contributed by atoms with Gasteiger partial charge in [-0.15, -0.1) is 0 Å². The summed E-state index contributed by atoms with van der Waals surface area (Å²) in [7, 11) is -3.83. The fourth-order valence-electron chi connectivity index (χ4n) is 1.76. The zero-order chi connectivity index (χ0) is 15.3. The Hall–Kier alpha value is -1.38. The number of furan rings is 1. The number of nitrogens with zero attached hydrogens (tertiary/aromatic N) is 1. The molecule has 0 radical (unpaired) electrons. The SMILES string of the molecule is CCN(CC)C(=O)C(C)NCc1ccc(S(N)(=O)=O)o1. The summed E-state index contributed by atoms with van der Waals surface area (Å²) in [4.78, 5) is 13.7. The van der Waals surface area contributed by atoms with Crippen molar-refractivity contribution in [3.63, 3.8) is 0 Å². The number of primary sulfonamides is 1. The first-order valence-electron chi connectivity index (χ1n) is 6.43. The third kappa shape index (κ3) is 4.32. The highest BCUT2D eigenvalue weighted by Crippen LogP contribution is 2.12. The van der Waals surface area contributed by atoms with Gasteiger partial charge in [-0.3, -0.25) is 10.1 Å². The lowest BCUT2D eigenvalue weighted by molar-refractivity contribution is -0.132. The number of nitrogens with two attached hydrogens (primary N) is 1. The van der Waals surface area contributed by atoms with Gasteiger partial charge in [0.1, 0.15) is 5.76 Å². The summed E-state index contributed by atoms with van der Waals surface area (Å²) in [6.45, 7) is 7.14. The summed E-state index contributed by atoms with van der Waals surface area (Å²) in [6, 6.07) is 2.43. The molecule has 20 heavy (non-hydrogen) atoms. The minimum absolute atomic E-state index is 0.00627. The predicted octanol–water partition coefficient (Wildman–Crippen LogP) is 0.274. The van der Waals surface area contributed by atoms with Crippen LogP contribution in [0.3, 0.4) is 0 Å². The molecule has 0 aliphatic rings. The molecular formula is C12H21N3O4S. The predicted molar refractivity (Wildman–Crippen MR) is 74.3 cm³/mol. The molecule has 1 aromatic rings. The van der Waals surface area contributed by atoms with E-state index in [4.69, 9.17) is 9.56 Å². The van der Waals surface area contributed by atoms with E-state index in [1.54, 1.807) is 11.8 Å². The van der Waals surface area contributed by atoms with Crippen molar-refractivity contribution in [3.8, 4) is 0 Å². The Balaban J connectivity index is 2.59. The number of sulfonamides is 1. The zero-order valence-electron chi connectivity index (χ0n) is 11.9. The summed E-state index contributed by atoms with van der Waals surface area (Å²) < 4.78 is 27.2. The molecule has 0 aromatic carbocycles. The first-order chi connectivity index (χ1) is 9.29. The quantitative estimate of drug-likeness (QED) is 0.752. The van der Waals surface area contributed by atoms with Gasteiger partial charge < -0.3 is 9.32 Å². The lowest BCUT2D eigenvalue weighted by Gasteiger charge is -2.23. The largest absolute Gasteiger partial charge is 0.447 e. The van der Waals surface area contributed by atoms with Crippen LogP contribution in [0.4, 0.5) is 0 Å². The molecule has 114 valence electrons. The van der Waals surface area contributed by atoms with E-state index in [1.165, 1.54) is 12.1 Å². The molecule has 0 aliphatic carbocycles. The Kier molecular flexibility index (Phi) is 5.73. The summed E-state index contributed by atoms with van der Waals surface area (Å²) >= 11 is 0. The average Bonchev–Trinajstić information content (AvgIpc) is 2.86. The molecule has 0 aliphatic heterocycles. The molecule has 1 amide bonds. The number of rotatable bonds is 7. The molecular weight excluding hydrogens is 282 g/mol. The summed E-state index contributed by atoms with van der Waals surface area (Å²) in [6.07, 6.45) is 0. The molecule has 1 heterocycles. The van der Waals surface area contributed by atoms with Gasteiger partial charge in [0, 0.05) is 13.1 Å². The van der Waals surface area contributed by atoms with E-state index >= 15 is 0 Å². The molecule has 0 fully saturated rings. The Morgan fingerprint density at radius 1 is 1.40 bits per heavy atom. The maximum atomic E-state index is 12.0. The van der Waals surface area contributed by atoms with Crippen LogP contribution >= 0.6 is 0 Å². The van der Waals surface area contributed by atoms with Crippen LogP contribution in [0.5, 0.6) is 0 Å². The Labute approximate surface area is 119 Å². The van der Waals surface area contributed by atoms with Gasteiger partial charge in [-0.25, -0.2) is 13.6 Å². The highest BCUT2D eigenvalue weighted by Gasteiger charge is 2.18. The fraction of sp³-hybridized carbons (Fsp3) is 0.583. The van der Waals surface area contributed by atoms with Gasteiger partial charge in [0.2, 0.25) is 11.0 Å². The maximum Gasteiger partial charge on any atom is 0.271 e. The molecule has 1 aromatic heterocycles. The number of carbonyl (C=O) groups is 1. The molecule has 1 rings (SSSR count). The molecule has 1 unspecified atom stereocenters. The van der Waals surface area contributed by atoms with Crippen LogP contribution in [0, 0.1) is 0 Å². The second-order valence-corrected chi connectivity index (χ2v) is 5.87. The minimum Gasteiger partial charge on any atom is -0.447 e. The number of amides is 1. The van der Waals surface area contributed by atoms with E-state index in [0.29, 0.717) is 18.8 Å². The first kappa shape index (κ1) is 16.7. The Morgan fingerprint density at radius 2 is 2.00 bits per heavy atom. The van der Waals surface area contributed by atoms with E-state index in [-0.39, 0.29) is 23.6 Å². The molecule has 0 saturated heterocycles. The number of likely N-dealkylation sites (N-methyl/N-ethyl adjacent to an activating group) is 1. The van der Waals surface area contributed by atoms with Crippen molar-refractivity contribution in [3.05, 3.63) is 17.9 Å². The minimum atomic E-state index is -3.83. The molecule has 0 saturated carbocycles. The van der Waals surface area contributed by atoms with Crippen LogP contribution in [-0.2, 0) is 21.4 Å². The summed E-state index contributed by atoms with van der Waals surface area (Å²) in [5.41, 5.74) is 0. The van der Waals surface area contributed by atoms with Gasteiger partial charge >= 0.3 is 0 Å². The Morgan fingerprint density at radius 3 is 2.45 bits per heavy atom. The lowest BCUT2D eigenvalue weighted by atomic mass is 10.2. The molecule has 3 N–H and O–H groups in total. The fourth-order valence-corrected chi connectivity index (χ4v) is 2.24. The van der Waals surface area contributed by atoms with E-state index in [9.17, 15) is 13.2 Å². The monoisotopic (exact) mass is 303 g/mol. The van der Waals surface area contributed by atoms with Crippen molar-refractivity contribution in [2.45, 2.75) is 38.5 Å². The van der Waals surface area contributed by atoms with Gasteiger partial charge in [0.15, 0.2) is 0 Å². The summed E-state index contributed by atoms with van der Waals surface area (Å²) in [5.74, 6) is 0.404. The average molecular weight is 303 g/mol. The third-order valence-electron chi connectivity index (χ3n) is 2.95. The van der Waals surface area contributed by atoms with Gasteiger partial charge in [-0.05, 0) is 32.9 Å². The molecule has 1 atom stereocenters. The molecule has 0 bridgehead atoms. The molecule has 0 spiro atoms. The van der Waals surface area contributed by atoms with Crippen LogP contribution in [0.15, 0.2) is 21.6 Å². The van der Waals surface area contributed by atoms with Gasteiger partial charge in [0.05, 0.1) is 12.6 Å². The first-order valence-corrected chi connectivity index (χ1v) is 7.97. The van der Waals surface area contributed by atoms with Crippen LogP contribution in [-0.4, -0.2) is 38.4 Å². The zero-order valence-corrected chi connectivity index (χ0v) is 12.7. The van der Waals surface area contributed by atoms with Crippen molar-refractivity contribution >= 4 is 15.9 Å². The van der Waals surface area contributed by atoms with Crippen LogP contribution < -0.4 is 10.5 Å². The van der Waals surface area contributed by atoms with E-state index < -0.39 is 10.0 Å². The Bertz CT molecular complexity index is 549. The van der Waals surface area contributed by atoms with Gasteiger partial charge in [-0.1, -0.05) is 0 Å². The maximum absolute atomic E-state index is 12.0. The third-order valence-corrected chi connectivity index (χ3v) is 3.73. The number of hydrogen-bond donors (Lipinski definition) is 2. The second-order valence-electron chi connectivity index (χ2n) is 4.38. The van der Waals surface area contributed by atoms with E-state index in [0.717, 1.165) is 0 Å². The van der Waals surface area contributed by atoms with E-state index in [2.05, 4.69) is 5.32 Å². The summed E-state index contributed by atoms with van der Waals surface area (Å²) in [5, 5.41) is 7.66. The van der Waals surface area contributed by atoms with Crippen molar-refractivity contribution in [2.75, 3.05) is 13.1 Å². The van der Waals surface area contributed by atoms with Crippen molar-refractivity contribution < 1.29 is 17.6 Å². The smallest absolute Gasteiger partial charge is 0.271 e. The highest BCUT2D eigenvalue weighted by molar-refractivity contribution is 7.89. The number of carbonyl (C=O) groups excluding carboxylic acids is 1. The van der Waals surface area contributed by atoms with Crippen LogP contribution in [0.1, 0.15) is 26.5 Å². The second kappa shape index (κ2) is 6.87. The van der Waals surface area contributed by atoms with Crippen LogP contribution in [0.2, 0.25) is 0 Å². The molecule has 7 nitrogen and oxygen atoms in total. The van der Waals surface area contributed by atoms with E-state index in [1.807, 2.05) is 13.8 Å². The van der Waals surface area contributed by atoms with Crippen molar-refractivity contribution in [2.24, 2.45) is 5.14 Å². The highest BCUT2D eigenvalue weighted by atomic mass is 32.2. The number of nitrogens with one attached hydrogen (secondary N) is 1. The van der Waals surface area contributed by atoms with Gasteiger partial charge in [-0.2, -0.15) is 0 Å². The number of hydrogen-bond acceptors (Lipinski definition) is 5. The standard InChI is InChI=1S/C12H21N3O4S/c1-4-15(5-2)12(16)9(3)14-8-10-6-7-11(19-10)20(13,17)18/h6-7,9,14H,4-5,8H2,1-3H3,(H2,13,17,18).